The van der Waals surface area contributed by atoms with Gasteiger partial charge < -0.3 is 0 Å². The first-order valence-corrected chi connectivity index (χ1v) is 6.00. The summed E-state index contributed by atoms with van der Waals surface area (Å²) in [5, 5.41) is 0.385. The fraction of sp³-hybridized carbons (Fsp3) is 0.308. The highest BCUT2D eigenvalue weighted by Crippen LogP contribution is 2.25. The molecule has 0 aliphatic heterocycles. The van der Waals surface area contributed by atoms with E-state index >= 15 is 0 Å². The third-order valence-electron chi connectivity index (χ3n) is 1.98. The Hall–Kier alpha value is -1.02. The van der Waals surface area contributed by atoms with E-state index in [-0.39, 0.29) is 5.78 Å². The lowest BCUT2D eigenvalue weighted by Gasteiger charge is -2.08. The van der Waals surface area contributed by atoms with Gasteiger partial charge in [0.25, 0.3) is 0 Å². The van der Waals surface area contributed by atoms with Gasteiger partial charge in [0.15, 0.2) is 5.78 Å². The Labute approximate surface area is 95.6 Å². The van der Waals surface area contributed by atoms with Crippen molar-refractivity contribution in [3.05, 3.63) is 42.5 Å². The highest BCUT2D eigenvalue weighted by atomic mass is 32.2. The van der Waals surface area contributed by atoms with Crippen LogP contribution >= 0.6 is 11.8 Å². The van der Waals surface area contributed by atoms with Crippen LogP contribution in [0.5, 0.6) is 0 Å². The number of benzene rings is 1. The summed E-state index contributed by atoms with van der Waals surface area (Å²) in [5.74, 6) is 0.113. The van der Waals surface area contributed by atoms with Crippen LogP contribution in [0.15, 0.2) is 47.4 Å². The number of allylic oxidation sites excluding steroid dienone is 1. The average molecular weight is 220 g/mol. The van der Waals surface area contributed by atoms with Crippen LogP contribution in [0.2, 0.25) is 0 Å². The molecule has 1 rings (SSSR count). The summed E-state index contributed by atoms with van der Waals surface area (Å²) in [7, 11) is 0. The molecule has 1 atom stereocenters. The highest BCUT2D eigenvalue weighted by Gasteiger charge is 2.03. The van der Waals surface area contributed by atoms with Crippen molar-refractivity contribution in [1.29, 1.82) is 0 Å². The van der Waals surface area contributed by atoms with Crippen LogP contribution in [0.3, 0.4) is 0 Å². The number of hydrogen-bond acceptors (Lipinski definition) is 2. The molecule has 0 bridgehead atoms. The lowest BCUT2D eigenvalue weighted by Crippen LogP contribution is -1.96. The molecule has 80 valence electrons. The van der Waals surface area contributed by atoms with E-state index in [4.69, 9.17) is 0 Å². The molecule has 0 fully saturated rings. The summed E-state index contributed by atoms with van der Waals surface area (Å²) in [6, 6.07) is 10.3. The molecule has 0 aliphatic rings. The molecule has 0 N–H and O–H groups in total. The molecule has 0 saturated heterocycles. The van der Waals surface area contributed by atoms with E-state index in [2.05, 4.69) is 19.1 Å². The van der Waals surface area contributed by atoms with Gasteiger partial charge in [-0.1, -0.05) is 31.2 Å². The molecule has 1 nitrogen and oxygen atoms in total. The van der Waals surface area contributed by atoms with Crippen molar-refractivity contribution < 1.29 is 4.79 Å². The molecule has 0 radical (unpaired) electrons. The van der Waals surface area contributed by atoms with Gasteiger partial charge in [0.2, 0.25) is 0 Å². The third kappa shape index (κ3) is 4.84. The zero-order valence-electron chi connectivity index (χ0n) is 9.14. The zero-order chi connectivity index (χ0) is 11.1. The monoisotopic (exact) mass is 220 g/mol. The number of carbonyl (C=O) groups excluding carboxylic acids is 1. The number of thioether (sulfide) groups is 1. The lowest BCUT2D eigenvalue weighted by molar-refractivity contribution is -0.112. The maximum absolute atomic E-state index is 10.8. The topological polar surface area (TPSA) is 17.1 Å². The molecule has 1 aromatic rings. The molecular weight excluding hydrogens is 204 g/mol. The Morgan fingerprint density at radius 2 is 2.07 bits per heavy atom. The van der Waals surface area contributed by atoms with Crippen molar-refractivity contribution in [2.24, 2.45) is 0 Å². The van der Waals surface area contributed by atoms with Gasteiger partial charge in [-0.15, -0.1) is 11.8 Å². The average Bonchev–Trinajstić information content (AvgIpc) is 2.25. The summed E-state index contributed by atoms with van der Waals surface area (Å²) in [6.45, 7) is 3.71. The zero-order valence-corrected chi connectivity index (χ0v) is 9.96. The van der Waals surface area contributed by atoms with Gasteiger partial charge in [0.1, 0.15) is 0 Å². The second-order valence-corrected chi connectivity index (χ2v) is 4.66. The van der Waals surface area contributed by atoms with E-state index < -0.39 is 0 Å². The largest absolute Gasteiger partial charge is 0.295 e. The van der Waals surface area contributed by atoms with Crippen molar-refractivity contribution in [3.8, 4) is 0 Å². The van der Waals surface area contributed by atoms with Gasteiger partial charge in [-0.25, -0.2) is 0 Å². The molecule has 0 saturated carbocycles. The fourth-order valence-electron chi connectivity index (χ4n) is 1.18. The summed E-state index contributed by atoms with van der Waals surface area (Å²) in [5.41, 5.74) is 0. The van der Waals surface area contributed by atoms with Gasteiger partial charge in [0, 0.05) is 10.1 Å². The smallest absolute Gasteiger partial charge is 0.152 e. The molecule has 15 heavy (non-hydrogen) atoms. The SMILES string of the molecule is CCC(/C=C/C(C)=O)Sc1ccccc1. The van der Waals surface area contributed by atoms with Gasteiger partial charge in [-0.3, -0.25) is 4.79 Å². The Morgan fingerprint density at radius 1 is 1.40 bits per heavy atom. The molecule has 0 aromatic heterocycles. The van der Waals surface area contributed by atoms with E-state index in [1.54, 1.807) is 24.8 Å². The van der Waals surface area contributed by atoms with Crippen LogP contribution in [0.25, 0.3) is 0 Å². The first-order chi connectivity index (χ1) is 7.22. The van der Waals surface area contributed by atoms with E-state index in [1.165, 1.54) is 4.90 Å². The predicted octanol–water partition coefficient (Wildman–Crippen LogP) is 3.70. The summed E-state index contributed by atoms with van der Waals surface area (Å²) in [4.78, 5) is 12.1. The van der Waals surface area contributed by atoms with Gasteiger partial charge in [-0.2, -0.15) is 0 Å². The minimum atomic E-state index is 0.113. The Morgan fingerprint density at radius 3 is 2.60 bits per heavy atom. The summed E-state index contributed by atoms with van der Waals surface area (Å²) in [6.07, 6.45) is 4.67. The minimum absolute atomic E-state index is 0.113. The quantitative estimate of drug-likeness (QED) is 0.556. The second kappa shape index (κ2) is 6.46. The van der Waals surface area contributed by atoms with E-state index in [0.717, 1.165) is 6.42 Å². The molecular formula is C13H16OS. The molecule has 2 heteroatoms. The highest BCUT2D eigenvalue weighted by molar-refractivity contribution is 8.00. The standard InChI is InChI=1S/C13H16OS/c1-3-12(10-9-11(2)14)15-13-7-5-4-6-8-13/h4-10,12H,3H2,1-2H3/b10-9+. The van der Waals surface area contributed by atoms with Gasteiger partial charge in [-0.05, 0) is 31.6 Å². The minimum Gasteiger partial charge on any atom is -0.295 e. The van der Waals surface area contributed by atoms with Crippen LogP contribution in [-0.4, -0.2) is 11.0 Å². The van der Waals surface area contributed by atoms with Crippen LogP contribution in [0.1, 0.15) is 20.3 Å². The second-order valence-electron chi connectivity index (χ2n) is 3.35. The molecule has 1 unspecified atom stereocenters. The van der Waals surface area contributed by atoms with Crippen LogP contribution < -0.4 is 0 Å². The van der Waals surface area contributed by atoms with Crippen molar-refractivity contribution in [2.45, 2.75) is 30.4 Å². The Balaban J connectivity index is 2.58. The van der Waals surface area contributed by atoms with Crippen molar-refractivity contribution in [2.75, 3.05) is 0 Å². The number of carbonyl (C=O) groups is 1. The first-order valence-electron chi connectivity index (χ1n) is 5.13. The van der Waals surface area contributed by atoms with Crippen LogP contribution in [0.4, 0.5) is 0 Å². The van der Waals surface area contributed by atoms with E-state index in [9.17, 15) is 4.79 Å². The fourth-order valence-corrected chi connectivity index (χ4v) is 2.16. The molecule has 0 heterocycles. The summed E-state index contributed by atoms with van der Waals surface area (Å²) < 4.78 is 0. The van der Waals surface area contributed by atoms with Crippen molar-refractivity contribution in [1.82, 2.24) is 0 Å². The van der Waals surface area contributed by atoms with Crippen LogP contribution in [-0.2, 0) is 4.79 Å². The Kier molecular flexibility index (Phi) is 5.19. The third-order valence-corrected chi connectivity index (χ3v) is 3.32. The molecule has 0 amide bonds. The Bertz CT molecular complexity index is 330. The van der Waals surface area contributed by atoms with Crippen molar-refractivity contribution >= 4 is 17.5 Å². The molecule has 1 aromatic carbocycles. The van der Waals surface area contributed by atoms with E-state index in [0.29, 0.717) is 5.25 Å². The van der Waals surface area contributed by atoms with Crippen LogP contribution in [0, 0.1) is 0 Å². The maximum atomic E-state index is 10.8. The van der Waals surface area contributed by atoms with Gasteiger partial charge in [0.05, 0.1) is 0 Å². The van der Waals surface area contributed by atoms with E-state index in [1.807, 2.05) is 24.3 Å². The maximum Gasteiger partial charge on any atom is 0.152 e. The number of rotatable bonds is 5. The summed E-state index contributed by atoms with van der Waals surface area (Å²) >= 11 is 1.79. The normalized spacial score (nSPS) is 12.9. The molecule has 0 spiro atoms. The predicted molar refractivity (Wildman–Crippen MR) is 66.2 cm³/mol. The van der Waals surface area contributed by atoms with Gasteiger partial charge >= 0.3 is 0 Å². The number of hydrogen-bond donors (Lipinski definition) is 0. The lowest BCUT2D eigenvalue weighted by atomic mass is 10.3. The molecule has 0 aliphatic carbocycles. The number of ketones is 1. The first kappa shape index (κ1) is 12.1. The van der Waals surface area contributed by atoms with Crippen molar-refractivity contribution in [3.63, 3.8) is 0 Å².